The van der Waals surface area contributed by atoms with E-state index in [1.54, 1.807) is 18.6 Å². The van der Waals surface area contributed by atoms with Crippen LogP contribution in [0, 0.1) is 0 Å². The molecule has 0 bridgehead atoms. The molecule has 3 heterocycles. The number of rotatable bonds is 5. The second-order valence-electron chi connectivity index (χ2n) is 6.50. The lowest BCUT2D eigenvalue weighted by Crippen LogP contribution is -2.46. The van der Waals surface area contributed by atoms with Gasteiger partial charge in [-0.25, -0.2) is 4.98 Å². The average molecular weight is 381 g/mol. The van der Waals surface area contributed by atoms with Crippen molar-refractivity contribution in [1.29, 1.82) is 0 Å². The Hall–Kier alpha value is -2.63. The van der Waals surface area contributed by atoms with Crippen molar-refractivity contribution in [3.05, 3.63) is 77.7 Å². The third-order valence-corrected chi connectivity index (χ3v) is 4.86. The van der Waals surface area contributed by atoms with E-state index in [4.69, 9.17) is 16.3 Å². The fourth-order valence-electron chi connectivity index (χ4n) is 3.20. The van der Waals surface area contributed by atoms with Gasteiger partial charge < -0.3 is 9.64 Å². The largest absolute Gasteiger partial charge is 0.455 e. The first-order chi connectivity index (χ1) is 13.3. The Morgan fingerprint density at radius 3 is 2.52 bits per heavy atom. The Labute approximate surface area is 164 Å². The van der Waals surface area contributed by atoms with Gasteiger partial charge in [0, 0.05) is 50.7 Å². The van der Waals surface area contributed by atoms with Gasteiger partial charge in [0.1, 0.15) is 17.3 Å². The molecule has 6 heteroatoms. The van der Waals surface area contributed by atoms with Gasteiger partial charge in [0.2, 0.25) is 0 Å². The number of hydrogen-bond donors (Lipinski definition) is 0. The first-order valence-electron chi connectivity index (χ1n) is 9.02. The molecule has 3 aromatic rings. The highest BCUT2D eigenvalue weighted by Crippen LogP contribution is 2.26. The lowest BCUT2D eigenvalue weighted by atomic mass is 10.1. The quantitative estimate of drug-likeness (QED) is 0.662. The molecule has 0 aliphatic carbocycles. The van der Waals surface area contributed by atoms with E-state index in [1.165, 1.54) is 5.56 Å². The van der Waals surface area contributed by atoms with Gasteiger partial charge in [0.15, 0.2) is 0 Å². The van der Waals surface area contributed by atoms with Crippen LogP contribution in [-0.4, -0.2) is 41.0 Å². The maximum absolute atomic E-state index is 6.03. The van der Waals surface area contributed by atoms with E-state index < -0.39 is 0 Å². The lowest BCUT2D eigenvalue weighted by molar-refractivity contribution is 0.246. The summed E-state index contributed by atoms with van der Waals surface area (Å²) < 4.78 is 6.03. The van der Waals surface area contributed by atoms with Crippen molar-refractivity contribution in [1.82, 2.24) is 14.9 Å². The van der Waals surface area contributed by atoms with Gasteiger partial charge in [0.25, 0.3) is 0 Å². The number of para-hydroxylation sites is 1. The molecule has 0 spiro atoms. The summed E-state index contributed by atoms with van der Waals surface area (Å²) in [7, 11) is 0. The highest BCUT2D eigenvalue weighted by atomic mass is 35.5. The standard InChI is InChI=1S/C21H21ClN4O/c22-18-7-8-21(24-14-18)26-12-10-25(11-13-26)16-17-4-1-2-6-20(17)27-19-5-3-9-23-15-19/h1-9,14-15H,10-13,16H2. The second kappa shape index (κ2) is 8.37. The number of benzene rings is 1. The van der Waals surface area contributed by atoms with Crippen LogP contribution in [0.3, 0.4) is 0 Å². The van der Waals surface area contributed by atoms with E-state index in [1.807, 2.05) is 36.4 Å². The Bertz CT molecular complexity index is 865. The van der Waals surface area contributed by atoms with Crippen LogP contribution in [0.5, 0.6) is 11.5 Å². The van der Waals surface area contributed by atoms with Gasteiger partial charge in [-0.1, -0.05) is 29.8 Å². The Balaban J connectivity index is 1.38. The van der Waals surface area contributed by atoms with Gasteiger partial charge in [-0.15, -0.1) is 0 Å². The molecule has 0 N–H and O–H groups in total. The van der Waals surface area contributed by atoms with Crippen LogP contribution in [0.25, 0.3) is 0 Å². The van der Waals surface area contributed by atoms with Crippen LogP contribution in [-0.2, 0) is 6.54 Å². The molecular weight excluding hydrogens is 360 g/mol. The van der Waals surface area contributed by atoms with Crippen molar-refractivity contribution < 1.29 is 4.74 Å². The van der Waals surface area contributed by atoms with Gasteiger partial charge in [-0.05, 0) is 30.3 Å². The zero-order valence-electron chi connectivity index (χ0n) is 15.0. The molecule has 5 nitrogen and oxygen atoms in total. The molecule has 1 fully saturated rings. The SMILES string of the molecule is Clc1ccc(N2CCN(Cc3ccccc3Oc3cccnc3)CC2)nc1. The molecule has 0 unspecified atom stereocenters. The normalized spacial score (nSPS) is 14.9. The maximum Gasteiger partial charge on any atom is 0.145 e. The lowest BCUT2D eigenvalue weighted by Gasteiger charge is -2.35. The van der Waals surface area contributed by atoms with Gasteiger partial charge in [-0.2, -0.15) is 0 Å². The number of ether oxygens (including phenoxy) is 1. The van der Waals surface area contributed by atoms with Crippen LogP contribution < -0.4 is 9.64 Å². The number of nitrogens with zero attached hydrogens (tertiary/aromatic N) is 4. The highest BCUT2D eigenvalue weighted by molar-refractivity contribution is 6.30. The van der Waals surface area contributed by atoms with E-state index in [0.29, 0.717) is 5.02 Å². The predicted molar refractivity (Wildman–Crippen MR) is 107 cm³/mol. The molecule has 1 saturated heterocycles. The van der Waals surface area contributed by atoms with E-state index in [-0.39, 0.29) is 0 Å². The summed E-state index contributed by atoms with van der Waals surface area (Å²) in [4.78, 5) is 13.3. The third-order valence-electron chi connectivity index (χ3n) is 4.64. The number of aromatic nitrogens is 2. The van der Waals surface area contributed by atoms with Crippen LogP contribution in [0.4, 0.5) is 5.82 Å². The molecule has 27 heavy (non-hydrogen) atoms. The number of piperazine rings is 1. The van der Waals surface area contributed by atoms with E-state index in [2.05, 4.69) is 31.9 Å². The van der Waals surface area contributed by atoms with E-state index in [0.717, 1.165) is 50.0 Å². The van der Waals surface area contributed by atoms with Crippen molar-refractivity contribution in [2.24, 2.45) is 0 Å². The molecule has 1 aromatic carbocycles. The van der Waals surface area contributed by atoms with Gasteiger partial charge in [0.05, 0.1) is 11.2 Å². The fourth-order valence-corrected chi connectivity index (χ4v) is 3.31. The summed E-state index contributed by atoms with van der Waals surface area (Å²) in [5, 5.41) is 0.669. The minimum absolute atomic E-state index is 0.669. The molecule has 138 valence electrons. The van der Waals surface area contributed by atoms with Gasteiger partial charge >= 0.3 is 0 Å². The van der Waals surface area contributed by atoms with Crippen molar-refractivity contribution in [2.75, 3.05) is 31.1 Å². The van der Waals surface area contributed by atoms with Crippen molar-refractivity contribution in [2.45, 2.75) is 6.54 Å². The summed E-state index contributed by atoms with van der Waals surface area (Å²) in [5.74, 6) is 2.62. The second-order valence-corrected chi connectivity index (χ2v) is 6.93. The third kappa shape index (κ3) is 4.56. The van der Waals surface area contributed by atoms with Crippen LogP contribution in [0.15, 0.2) is 67.1 Å². The van der Waals surface area contributed by atoms with Crippen molar-refractivity contribution in [3.63, 3.8) is 0 Å². The molecule has 0 atom stereocenters. The number of anilines is 1. The summed E-state index contributed by atoms with van der Waals surface area (Å²) >= 11 is 5.93. The number of halogens is 1. The van der Waals surface area contributed by atoms with Crippen molar-refractivity contribution >= 4 is 17.4 Å². The molecule has 1 aliphatic heterocycles. The van der Waals surface area contributed by atoms with E-state index >= 15 is 0 Å². The summed E-state index contributed by atoms with van der Waals surface area (Å²) in [6.45, 7) is 4.70. The minimum atomic E-state index is 0.669. The predicted octanol–water partition coefficient (Wildman–Crippen LogP) is 4.24. The Morgan fingerprint density at radius 1 is 0.926 bits per heavy atom. The average Bonchev–Trinajstić information content (AvgIpc) is 2.72. The molecule has 0 radical (unpaired) electrons. The van der Waals surface area contributed by atoms with Gasteiger partial charge in [-0.3, -0.25) is 9.88 Å². The highest BCUT2D eigenvalue weighted by Gasteiger charge is 2.19. The topological polar surface area (TPSA) is 41.5 Å². The molecule has 4 rings (SSSR count). The summed E-state index contributed by atoms with van der Waals surface area (Å²) in [6, 6.07) is 15.9. The Kier molecular flexibility index (Phi) is 5.51. The van der Waals surface area contributed by atoms with Crippen molar-refractivity contribution in [3.8, 4) is 11.5 Å². The monoisotopic (exact) mass is 380 g/mol. The molecular formula is C21H21ClN4O. The molecule has 0 amide bonds. The number of pyridine rings is 2. The minimum Gasteiger partial charge on any atom is -0.455 e. The van der Waals surface area contributed by atoms with Crippen LogP contribution in [0.1, 0.15) is 5.56 Å². The fraction of sp³-hybridized carbons (Fsp3) is 0.238. The van der Waals surface area contributed by atoms with E-state index in [9.17, 15) is 0 Å². The smallest absolute Gasteiger partial charge is 0.145 e. The first-order valence-corrected chi connectivity index (χ1v) is 9.40. The zero-order chi connectivity index (χ0) is 18.5. The number of hydrogen-bond acceptors (Lipinski definition) is 5. The molecule has 0 saturated carbocycles. The zero-order valence-corrected chi connectivity index (χ0v) is 15.7. The molecule has 2 aromatic heterocycles. The summed E-state index contributed by atoms with van der Waals surface area (Å²) in [6.07, 6.45) is 5.18. The maximum atomic E-state index is 6.03. The summed E-state index contributed by atoms with van der Waals surface area (Å²) in [5.41, 5.74) is 1.18. The van der Waals surface area contributed by atoms with Crippen LogP contribution in [0.2, 0.25) is 5.02 Å². The molecule has 1 aliphatic rings. The first kappa shape index (κ1) is 17.8. The van der Waals surface area contributed by atoms with Crippen LogP contribution >= 0.6 is 11.6 Å². The Morgan fingerprint density at radius 2 is 1.78 bits per heavy atom.